The molecule has 0 atom stereocenters. The van der Waals surface area contributed by atoms with Crippen LogP contribution in [0.4, 0.5) is 0 Å². The van der Waals surface area contributed by atoms with E-state index in [9.17, 15) is 9.59 Å². The maximum atomic E-state index is 12.8. The fourth-order valence-corrected chi connectivity index (χ4v) is 2.78. The molecule has 1 N–H and O–H groups in total. The van der Waals surface area contributed by atoms with Gasteiger partial charge >= 0.3 is 5.97 Å². The third-order valence-electron chi connectivity index (χ3n) is 3.90. The highest BCUT2D eigenvalue weighted by atomic mass is 16.5. The van der Waals surface area contributed by atoms with Gasteiger partial charge in [-0.05, 0) is 23.8 Å². The Morgan fingerprint density at radius 2 is 1.92 bits per heavy atom. The van der Waals surface area contributed by atoms with Crippen molar-refractivity contribution < 1.29 is 14.6 Å². The molecule has 0 bridgehead atoms. The van der Waals surface area contributed by atoms with Gasteiger partial charge in [0.05, 0.1) is 12.6 Å². The summed E-state index contributed by atoms with van der Waals surface area (Å²) in [5.41, 5.74) is 2.04. The molecular weight excluding hydrogens is 306 g/mol. The number of hydrogen-bond donors (Lipinski definition) is 1. The van der Waals surface area contributed by atoms with Crippen LogP contribution in [0.3, 0.4) is 0 Å². The van der Waals surface area contributed by atoms with Crippen LogP contribution in [-0.2, 0) is 17.8 Å². The van der Waals surface area contributed by atoms with Gasteiger partial charge in [0, 0.05) is 23.6 Å². The molecule has 5 nitrogen and oxygen atoms in total. The monoisotopic (exact) mass is 323 g/mol. The van der Waals surface area contributed by atoms with Crippen molar-refractivity contribution in [2.75, 3.05) is 7.11 Å². The number of carboxylic acids is 1. The summed E-state index contributed by atoms with van der Waals surface area (Å²) in [6, 6.07) is 14.7. The lowest BCUT2D eigenvalue weighted by atomic mass is 10.0. The number of aromatic nitrogens is 1. The number of carboxylic acid groups (broad SMARTS) is 1. The smallest absolute Gasteiger partial charge is 0.323 e. The summed E-state index contributed by atoms with van der Waals surface area (Å²) >= 11 is 0. The maximum Gasteiger partial charge on any atom is 0.323 e. The molecule has 0 aliphatic heterocycles. The second-order valence-electron chi connectivity index (χ2n) is 5.55. The van der Waals surface area contributed by atoms with Gasteiger partial charge in [-0.3, -0.25) is 9.59 Å². The minimum absolute atomic E-state index is 0.102. The molecule has 0 aliphatic rings. The Morgan fingerprint density at radius 1 is 1.17 bits per heavy atom. The van der Waals surface area contributed by atoms with Crippen molar-refractivity contribution in [1.82, 2.24) is 4.57 Å². The van der Waals surface area contributed by atoms with Crippen molar-refractivity contribution in [3.63, 3.8) is 0 Å². The number of rotatable bonds is 5. The average molecular weight is 323 g/mol. The number of pyridine rings is 1. The number of ether oxygens (including phenoxy) is 1. The second-order valence-corrected chi connectivity index (χ2v) is 5.55. The van der Waals surface area contributed by atoms with Crippen LogP contribution < -0.4 is 10.2 Å². The minimum atomic E-state index is -0.957. The molecule has 3 rings (SSSR count). The third kappa shape index (κ3) is 3.15. The first kappa shape index (κ1) is 15.8. The van der Waals surface area contributed by atoms with Crippen molar-refractivity contribution in [1.29, 1.82) is 0 Å². The quantitative estimate of drug-likeness (QED) is 0.784. The zero-order valence-corrected chi connectivity index (χ0v) is 13.2. The Labute approximate surface area is 138 Å². The summed E-state index contributed by atoms with van der Waals surface area (Å²) in [6.45, 7) is -0.203. The predicted octanol–water partition coefficient (Wildman–Crippen LogP) is 2.69. The molecule has 0 radical (unpaired) electrons. The van der Waals surface area contributed by atoms with E-state index < -0.39 is 5.97 Å². The lowest BCUT2D eigenvalue weighted by Gasteiger charge is -2.13. The number of hydrogen-bond acceptors (Lipinski definition) is 3. The molecule has 0 amide bonds. The molecule has 0 spiro atoms. The van der Waals surface area contributed by atoms with E-state index in [4.69, 9.17) is 9.84 Å². The molecule has 3 aromatic rings. The number of methoxy groups -OCH3 is 1. The number of aliphatic carboxylic acids is 1. The van der Waals surface area contributed by atoms with Gasteiger partial charge in [-0.2, -0.15) is 0 Å². The first-order valence-corrected chi connectivity index (χ1v) is 7.54. The molecule has 0 unspecified atom stereocenters. The highest BCUT2D eigenvalue weighted by Gasteiger charge is 2.12. The molecule has 122 valence electrons. The highest BCUT2D eigenvalue weighted by Crippen LogP contribution is 2.20. The third-order valence-corrected chi connectivity index (χ3v) is 3.90. The summed E-state index contributed by atoms with van der Waals surface area (Å²) < 4.78 is 6.79. The largest absolute Gasteiger partial charge is 0.497 e. The maximum absolute atomic E-state index is 12.8. The van der Waals surface area contributed by atoms with Crippen LogP contribution in [-0.4, -0.2) is 22.8 Å². The molecule has 0 fully saturated rings. The summed E-state index contributed by atoms with van der Waals surface area (Å²) in [4.78, 5) is 24.0. The summed E-state index contributed by atoms with van der Waals surface area (Å²) in [7, 11) is 1.53. The topological polar surface area (TPSA) is 68.5 Å². The van der Waals surface area contributed by atoms with Crippen molar-refractivity contribution in [3.05, 3.63) is 76.1 Å². The molecule has 2 aromatic carbocycles. The molecule has 0 aliphatic carbocycles. The second kappa shape index (κ2) is 6.58. The van der Waals surface area contributed by atoms with Crippen molar-refractivity contribution in [2.24, 2.45) is 0 Å². The summed E-state index contributed by atoms with van der Waals surface area (Å²) in [6.07, 6.45) is 2.09. The lowest BCUT2D eigenvalue weighted by molar-refractivity contribution is -0.137. The molecule has 5 heteroatoms. The van der Waals surface area contributed by atoms with E-state index in [0.29, 0.717) is 28.6 Å². The van der Waals surface area contributed by atoms with Crippen LogP contribution in [0.5, 0.6) is 5.75 Å². The Morgan fingerprint density at radius 3 is 2.58 bits per heavy atom. The normalized spacial score (nSPS) is 10.7. The van der Waals surface area contributed by atoms with E-state index in [2.05, 4.69) is 0 Å². The van der Waals surface area contributed by atoms with Crippen LogP contribution in [0.15, 0.2) is 59.5 Å². The van der Waals surface area contributed by atoms with Crippen LogP contribution >= 0.6 is 0 Å². The van der Waals surface area contributed by atoms with Crippen molar-refractivity contribution in [3.8, 4) is 5.75 Å². The van der Waals surface area contributed by atoms with Crippen LogP contribution in [0.2, 0.25) is 0 Å². The van der Waals surface area contributed by atoms with E-state index in [1.54, 1.807) is 29.0 Å². The lowest BCUT2D eigenvalue weighted by Crippen LogP contribution is -2.18. The summed E-state index contributed by atoms with van der Waals surface area (Å²) in [5, 5.41) is 9.62. The first-order chi connectivity index (χ1) is 11.6. The van der Waals surface area contributed by atoms with Gasteiger partial charge in [0.1, 0.15) is 12.3 Å². The SMILES string of the molecule is COc1ccc2c(c1)c(=O)c(Cc1ccccc1)cn2CC(=O)O. The molecule has 24 heavy (non-hydrogen) atoms. The fraction of sp³-hybridized carbons (Fsp3) is 0.158. The Balaban J connectivity index is 2.19. The Hall–Kier alpha value is -3.08. The van der Waals surface area contributed by atoms with E-state index in [-0.39, 0.29) is 12.0 Å². The van der Waals surface area contributed by atoms with Crippen molar-refractivity contribution >= 4 is 16.9 Å². The first-order valence-electron chi connectivity index (χ1n) is 7.54. The van der Waals surface area contributed by atoms with Gasteiger partial charge in [0.25, 0.3) is 0 Å². The van der Waals surface area contributed by atoms with E-state index in [0.717, 1.165) is 5.56 Å². The van der Waals surface area contributed by atoms with Crippen LogP contribution in [0.1, 0.15) is 11.1 Å². The van der Waals surface area contributed by atoms with Gasteiger partial charge in [-0.15, -0.1) is 0 Å². The van der Waals surface area contributed by atoms with Crippen molar-refractivity contribution in [2.45, 2.75) is 13.0 Å². The Kier molecular flexibility index (Phi) is 4.33. The van der Waals surface area contributed by atoms with Crippen LogP contribution in [0, 0.1) is 0 Å². The summed E-state index contributed by atoms with van der Waals surface area (Å²) in [5.74, 6) is -0.389. The zero-order valence-electron chi connectivity index (χ0n) is 13.2. The molecule has 0 saturated carbocycles. The number of carbonyl (C=O) groups is 1. The fourth-order valence-electron chi connectivity index (χ4n) is 2.78. The van der Waals surface area contributed by atoms with Crippen LogP contribution in [0.25, 0.3) is 10.9 Å². The highest BCUT2D eigenvalue weighted by molar-refractivity contribution is 5.82. The van der Waals surface area contributed by atoms with E-state index in [1.165, 1.54) is 7.11 Å². The molecule has 1 heterocycles. The Bertz CT molecular complexity index is 945. The number of nitrogens with zero attached hydrogens (tertiary/aromatic N) is 1. The predicted molar refractivity (Wildman–Crippen MR) is 91.6 cm³/mol. The number of fused-ring (bicyclic) bond motifs is 1. The van der Waals surface area contributed by atoms with E-state index in [1.807, 2.05) is 30.3 Å². The average Bonchev–Trinajstić information content (AvgIpc) is 2.59. The van der Waals surface area contributed by atoms with Gasteiger partial charge in [0.15, 0.2) is 5.43 Å². The molecule has 1 aromatic heterocycles. The molecule has 0 saturated heterocycles. The van der Waals surface area contributed by atoms with Gasteiger partial charge in [0.2, 0.25) is 0 Å². The van der Waals surface area contributed by atoms with E-state index >= 15 is 0 Å². The van der Waals surface area contributed by atoms with Gasteiger partial charge < -0.3 is 14.4 Å². The standard InChI is InChI=1S/C19H17NO4/c1-24-15-7-8-17-16(10-15)19(23)14(11-20(17)12-18(21)22)9-13-5-3-2-4-6-13/h2-8,10-11H,9,12H2,1H3,(H,21,22). The number of benzene rings is 2. The van der Waals surface area contributed by atoms with Gasteiger partial charge in [-0.25, -0.2) is 0 Å². The van der Waals surface area contributed by atoms with Gasteiger partial charge in [-0.1, -0.05) is 30.3 Å². The zero-order chi connectivity index (χ0) is 17.1. The molecular formula is C19H17NO4. The minimum Gasteiger partial charge on any atom is -0.497 e.